The van der Waals surface area contributed by atoms with Crippen molar-refractivity contribution < 1.29 is 19.0 Å². The lowest BCUT2D eigenvalue weighted by Gasteiger charge is -2.38. The Morgan fingerprint density at radius 1 is 1.26 bits per heavy atom. The number of halogens is 1. The Balaban J connectivity index is 1.07. The van der Waals surface area contributed by atoms with E-state index in [9.17, 15) is 14.3 Å². The van der Waals surface area contributed by atoms with Crippen LogP contribution < -0.4 is 10.9 Å². The van der Waals surface area contributed by atoms with Gasteiger partial charge in [0.15, 0.2) is 0 Å². The van der Waals surface area contributed by atoms with Crippen LogP contribution in [0.3, 0.4) is 0 Å². The van der Waals surface area contributed by atoms with Crippen molar-refractivity contribution >= 4 is 16.7 Å². The summed E-state index contributed by atoms with van der Waals surface area (Å²) in [5, 5.41) is 14.3. The van der Waals surface area contributed by atoms with Gasteiger partial charge in [0.1, 0.15) is 24.3 Å². The van der Waals surface area contributed by atoms with Crippen LogP contribution in [0.4, 0.5) is 4.39 Å². The standard InChI is InChI=1S/C24H28FN5O4/c25-16-9-28-18-1-2-22(32)30-12-14(23(16)24(18)30)11-29-4-3-17(19(31)13-29)27-8-15-7-20-21(10-26-15)34-6-5-33-20/h1-2,9-10,14,17,19-20,27,31H,3-8,11-13H2/t14?,17-,19+,20?/m0/s1. The number of nitrogens with one attached hydrogen (secondary N) is 1. The van der Waals surface area contributed by atoms with Crippen LogP contribution in [0.25, 0.3) is 11.0 Å². The quantitative estimate of drug-likeness (QED) is 0.667. The van der Waals surface area contributed by atoms with Gasteiger partial charge in [-0.2, -0.15) is 0 Å². The molecule has 0 amide bonds. The van der Waals surface area contributed by atoms with Crippen molar-refractivity contribution in [1.82, 2.24) is 19.8 Å². The monoisotopic (exact) mass is 469 g/mol. The number of rotatable bonds is 5. The van der Waals surface area contributed by atoms with Crippen molar-refractivity contribution in [2.75, 3.05) is 39.4 Å². The van der Waals surface area contributed by atoms with Crippen LogP contribution in [0.2, 0.25) is 0 Å². The average molecular weight is 470 g/mol. The van der Waals surface area contributed by atoms with Crippen LogP contribution in [-0.4, -0.2) is 82.9 Å². The van der Waals surface area contributed by atoms with Crippen molar-refractivity contribution in [3.05, 3.63) is 52.0 Å². The van der Waals surface area contributed by atoms with Gasteiger partial charge in [0.25, 0.3) is 5.56 Å². The van der Waals surface area contributed by atoms with E-state index >= 15 is 0 Å². The maximum Gasteiger partial charge on any atom is 0.251 e. The first-order chi connectivity index (χ1) is 16.6. The highest BCUT2D eigenvalue weighted by Crippen LogP contribution is 2.34. The van der Waals surface area contributed by atoms with Crippen LogP contribution in [0.1, 0.15) is 24.3 Å². The zero-order valence-electron chi connectivity index (χ0n) is 18.8. The third-order valence-electron chi connectivity index (χ3n) is 7.30. The molecule has 0 aromatic carbocycles. The highest BCUT2D eigenvalue weighted by Gasteiger charge is 2.34. The second kappa shape index (κ2) is 8.84. The summed E-state index contributed by atoms with van der Waals surface area (Å²) in [5.41, 5.74) is 2.66. The van der Waals surface area contributed by atoms with Gasteiger partial charge in [0, 0.05) is 61.9 Å². The number of aliphatic hydroxyl groups is 1. The topological polar surface area (TPSA) is 101 Å². The second-order valence-electron chi connectivity index (χ2n) is 9.47. The molecule has 0 aliphatic carbocycles. The summed E-state index contributed by atoms with van der Waals surface area (Å²) in [6.45, 7) is 4.04. The number of ether oxygens (including phenoxy) is 2. The predicted molar refractivity (Wildman–Crippen MR) is 123 cm³/mol. The molecule has 6 rings (SSSR count). The maximum absolute atomic E-state index is 14.7. The molecule has 0 saturated carbocycles. The van der Waals surface area contributed by atoms with Gasteiger partial charge >= 0.3 is 0 Å². The number of pyridine rings is 2. The molecule has 2 unspecified atom stereocenters. The fraction of sp³-hybridized carbons (Fsp3) is 0.542. The molecule has 4 aliphatic rings. The Bertz CT molecular complexity index is 1230. The highest BCUT2D eigenvalue weighted by molar-refractivity contribution is 5.88. The molecule has 180 valence electrons. The molecule has 10 heteroatoms. The van der Waals surface area contributed by atoms with Crippen LogP contribution in [-0.2, 0) is 16.0 Å². The van der Waals surface area contributed by atoms with E-state index in [-0.39, 0.29) is 29.4 Å². The van der Waals surface area contributed by atoms with E-state index < -0.39 is 6.10 Å². The molecular formula is C24H28FN5O4. The first-order valence-electron chi connectivity index (χ1n) is 11.9. The van der Waals surface area contributed by atoms with Crippen molar-refractivity contribution in [3.8, 4) is 0 Å². The van der Waals surface area contributed by atoms with E-state index in [4.69, 9.17) is 9.47 Å². The molecule has 0 spiro atoms. The zero-order valence-corrected chi connectivity index (χ0v) is 18.8. The number of fused-ring (bicyclic) bond motifs is 1. The number of hydrogen-bond donors (Lipinski definition) is 2. The summed E-state index contributed by atoms with van der Waals surface area (Å²) < 4.78 is 27.7. The number of likely N-dealkylation sites (tertiary alicyclic amines) is 1. The van der Waals surface area contributed by atoms with Crippen molar-refractivity contribution in [2.24, 2.45) is 4.99 Å². The molecule has 4 aliphatic heterocycles. The molecule has 34 heavy (non-hydrogen) atoms. The molecular weight excluding hydrogens is 441 g/mol. The summed E-state index contributed by atoms with van der Waals surface area (Å²) >= 11 is 0. The third kappa shape index (κ3) is 3.94. The minimum Gasteiger partial charge on any atom is -0.491 e. The summed E-state index contributed by atoms with van der Waals surface area (Å²) in [6, 6.07) is 3.10. The number of aliphatic imine (C=N–C) groups is 1. The fourth-order valence-electron chi connectivity index (χ4n) is 5.60. The van der Waals surface area contributed by atoms with Gasteiger partial charge in [0.2, 0.25) is 0 Å². The number of aromatic nitrogens is 2. The molecule has 2 aromatic rings. The van der Waals surface area contributed by atoms with Crippen molar-refractivity contribution in [2.45, 2.75) is 43.6 Å². The lowest BCUT2D eigenvalue weighted by atomic mass is 9.96. The van der Waals surface area contributed by atoms with Gasteiger partial charge in [-0.25, -0.2) is 4.39 Å². The highest BCUT2D eigenvalue weighted by atomic mass is 19.1. The van der Waals surface area contributed by atoms with Gasteiger partial charge < -0.3 is 24.5 Å². The van der Waals surface area contributed by atoms with E-state index in [2.05, 4.69) is 20.2 Å². The van der Waals surface area contributed by atoms with Crippen LogP contribution in [0.5, 0.6) is 0 Å². The van der Waals surface area contributed by atoms with Gasteiger partial charge in [-0.3, -0.25) is 19.7 Å². The van der Waals surface area contributed by atoms with E-state index in [0.29, 0.717) is 62.4 Å². The fourth-order valence-corrected chi connectivity index (χ4v) is 5.60. The van der Waals surface area contributed by atoms with E-state index in [1.165, 1.54) is 12.3 Å². The predicted octanol–water partition coefficient (Wildman–Crippen LogP) is 0.759. The number of nitrogens with zero attached hydrogens (tertiary/aromatic N) is 4. The Morgan fingerprint density at radius 3 is 3.06 bits per heavy atom. The van der Waals surface area contributed by atoms with Crippen molar-refractivity contribution in [1.29, 1.82) is 0 Å². The van der Waals surface area contributed by atoms with Crippen LogP contribution in [0.15, 0.2) is 40.1 Å². The van der Waals surface area contributed by atoms with Crippen LogP contribution >= 0.6 is 0 Å². The first-order valence-corrected chi connectivity index (χ1v) is 11.9. The molecule has 6 heterocycles. The minimum atomic E-state index is -0.549. The Kier molecular flexibility index (Phi) is 5.68. The lowest BCUT2D eigenvalue weighted by molar-refractivity contribution is -0.0403. The Morgan fingerprint density at radius 2 is 2.18 bits per heavy atom. The minimum absolute atomic E-state index is 0.0411. The maximum atomic E-state index is 14.7. The molecule has 2 N–H and O–H groups in total. The number of piperidine rings is 1. The van der Waals surface area contributed by atoms with Gasteiger partial charge in [-0.15, -0.1) is 0 Å². The average Bonchev–Trinajstić information content (AvgIpc) is 3.23. The lowest BCUT2D eigenvalue weighted by Crippen LogP contribution is -2.54. The molecule has 9 nitrogen and oxygen atoms in total. The SMILES string of the molecule is O=c1ccc2ncc(F)c3c2n1CC3CN1CC[C@H](NCC2=NC=C3OCCOC3C2)[C@H](O)C1. The van der Waals surface area contributed by atoms with Gasteiger partial charge in [-0.05, 0) is 19.0 Å². The van der Waals surface area contributed by atoms with E-state index in [0.717, 1.165) is 24.4 Å². The Labute approximate surface area is 195 Å². The van der Waals surface area contributed by atoms with Gasteiger partial charge in [-0.1, -0.05) is 0 Å². The molecule has 2 fully saturated rings. The third-order valence-corrected chi connectivity index (χ3v) is 7.30. The summed E-state index contributed by atoms with van der Waals surface area (Å²) in [5.74, 6) is 0.277. The molecule has 0 radical (unpaired) electrons. The molecule has 4 atom stereocenters. The number of aliphatic hydroxyl groups excluding tert-OH is 1. The van der Waals surface area contributed by atoms with E-state index in [1.54, 1.807) is 16.8 Å². The number of hydrogen-bond acceptors (Lipinski definition) is 8. The van der Waals surface area contributed by atoms with Gasteiger partial charge in [0.05, 0.1) is 36.1 Å². The normalized spacial score (nSPS) is 28.9. The molecule has 2 saturated heterocycles. The molecule has 2 aromatic heterocycles. The van der Waals surface area contributed by atoms with Crippen molar-refractivity contribution in [3.63, 3.8) is 0 Å². The summed E-state index contributed by atoms with van der Waals surface area (Å²) in [4.78, 5) is 23.1. The smallest absolute Gasteiger partial charge is 0.251 e. The first kappa shape index (κ1) is 21.8. The number of β-amino-alcohol motifs (C(OH)–C–C–N with tert-alkyl or cyclic N) is 1. The second-order valence-corrected chi connectivity index (χ2v) is 9.47. The van der Waals surface area contributed by atoms with E-state index in [1.807, 2.05) is 0 Å². The summed E-state index contributed by atoms with van der Waals surface area (Å²) in [6.07, 6.45) is 3.84. The van der Waals surface area contributed by atoms with Crippen LogP contribution in [0, 0.1) is 5.82 Å². The summed E-state index contributed by atoms with van der Waals surface area (Å²) in [7, 11) is 0. The molecule has 0 bridgehead atoms. The zero-order chi connectivity index (χ0) is 23.2. The Hall–Kier alpha value is -2.66. The largest absolute Gasteiger partial charge is 0.491 e.